The third-order valence-corrected chi connectivity index (χ3v) is 4.41. The van der Waals surface area contributed by atoms with Gasteiger partial charge in [0.05, 0.1) is 16.7 Å². The average Bonchev–Trinajstić information content (AvgIpc) is 2.92. The van der Waals surface area contributed by atoms with Gasteiger partial charge in [-0.05, 0) is 26.8 Å². The molecule has 0 amide bonds. The maximum atomic E-state index is 4.52. The van der Waals surface area contributed by atoms with E-state index in [9.17, 15) is 0 Å². The molecule has 2 rings (SSSR count). The van der Waals surface area contributed by atoms with E-state index in [1.54, 1.807) is 17.7 Å². The number of rotatable bonds is 6. The Morgan fingerprint density at radius 1 is 1.35 bits per heavy atom. The van der Waals surface area contributed by atoms with Crippen LogP contribution in [0.15, 0.2) is 6.33 Å². The van der Waals surface area contributed by atoms with Crippen LogP contribution in [0.1, 0.15) is 41.3 Å². The Morgan fingerprint density at radius 3 is 2.65 bits per heavy atom. The van der Waals surface area contributed by atoms with Crippen LogP contribution in [0.25, 0.3) is 0 Å². The predicted molar refractivity (Wildman–Crippen MR) is 82.0 cm³/mol. The van der Waals surface area contributed by atoms with E-state index < -0.39 is 0 Å². The van der Waals surface area contributed by atoms with Gasteiger partial charge >= 0.3 is 0 Å². The molecule has 0 radical (unpaired) electrons. The molecule has 0 bridgehead atoms. The van der Waals surface area contributed by atoms with Crippen molar-refractivity contribution in [2.24, 2.45) is 5.92 Å². The molecule has 110 valence electrons. The third-order valence-electron chi connectivity index (χ3n) is 3.22. The lowest BCUT2D eigenvalue weighted by Crippen LogP contribution is -2.21. The Hall–Kier alpha value is -1.27. The summed E-state index contributed by atoms with van der Waals surface area (Å²) in [6.45, 7) is 9.42. The Kier molecular flexibility index (Phi) is 4.88. The molecule has 1 unspecified atom stereocenters. The first-order valence-electron chi connectivity index (χ1n) is 6.99. The molecule has 0 aromatic carbocycles. The zero-order chi connectivity index (χ0) is 14.7. The number of aryl methyl sites for hydroxylation is 2. The molecule has 1 atom stereocenters. The molecule has 0 spiro atoms. The van der Waals surface area contributed by atoms with E-state index in [4.69, 9.17) is 0 Å². The molecule has 5 nitrogen and oxygen atoms in total. The fourth-order valence-electron chi connectivity index (χ4n) is 2.32. The van der Waals surface area contributed by atoms with Gasteiger partial charge in [-0.3, -0.25) is 0 Å². The van der Waals surface area contributed by atoms with E-state index in [0.717, 1.165) is 29.5 Å². The zero-order valence-electron chi connectivity index (χ0n) is 12.8. The minimum atomic E-state index is 0.247. The quantitative estimate of drug-likeness (QED) is 0.889. The lowest BCUT2D eigenvalue weighted by atomic mass is 10.1. The molecule has 0 aliphatic carbocycles. The molecule has 2 heterocycles. The van der Waals surface area contributed by atoms with Crippen molar-refractivity contribution in [3.63, 3.8) is 0 Å². The summed E-state index contributed by atoms with van der Waals surface area (Å²) < 4.78 is 2.01. The van der Waals surface area contributed by atoms with Crippen molar-refractivity contribution in [3.05, 3.63) is 27.7 Å². The van der Waals surface area contributed by atoms with Gasteiger partial charge in [0.25, 0.3) is 0 Å². The number of thiazole rings is 1. The first kappa shape index (κ1) is 15.1. The highest BCUT2D eigenvalue weighted by molar-refractivity contribution is 7.11. The van der Waals surface area contributed by atoms with E-state index in [2.05, 4.69) is 48.1 Å². The topological polar surface area (TPSA) is 55.6 Å². The number of nitrogens with zero attached hydrogens (tertiary/aromatic N) is 4. The van der Waals surface area contributed by atoms with Crippen LogP contribution in [0, 0.1) is 19.8 Å². The Balaban J connectivity index is 2.18. The van der Waals surface area contributed by atoms with Crippen molar-refractivity contribution in [2.45, 2.75) is 46.7 Å². The highest BCUT2D eigenvalue weighted by atomic mass is 32.1. The lowest BCUT2D eigenvalue weighted by Gasteiger charge is -2.16. The van der Waals surface area contributed by atoms with Crippen LogP contribution in [0.5, 0.6) is 0 Å². The van der Waals surface area contributed by atoms with Gasteiger partial charge < -0.3 is 5.32 Å². The van der Waals surface area contributed by atoms with Gasteiger partial charge in [-0.25, -0.2) is 14.6 Å². The van der Waals surface area contributed by atoms with Crippen LogP contribution in [0.4, 0.5) is 0 Å². The van der Waals surface area contributed by atoms with Crippen LogP contribution in [-0.2, 0) is 13.0 Å². The number of nitrogens with one attached hydrogen (secondary N) is 1. The molecule has 0 saturated heterocycles. The van der Waals surface area contributed by atoms with Crippen molar-refractivity contribution in [1.29, 1.82) is 0 Å². The predicted octanol–water partition coefficient (Wildman–Crippen LogP) is 2.51. The number of hydrogen-bond donors (Lipinski definition) is 1. The summed E-state index contributed by atoms with van der Waals surface area (Å²) in [5.41, 5.74) is 1.11. The maximum Gasteiger partial charge on any atom is 0.138 e. The molecule has 6 heteroatoms. The molecule has 0 fully saturated rings. The molecule has 0 aliphatic heterocycles. The summed E-state index contributed by atoms with van der Waals surface area (Å²) in [6.07, 6.45) is 2.49. The van der Waals surface area contributed by atoms with Crippen molar-refractivity contribution < 1.29 is 0 Å². The zero-order valence-corrected chi connectivity index (χ0v) is 13.7. The SMILES string of the molecule is CNC(Cc1ncnn1CC(C)C)c1sc(C)nc1C. The Bertz CT molecular complexity index is 558. The van der Waals surface area contributed by atoms with Crippen LogP contribution in [-0.4, -0.2) is 26.8 Å². The van der Waals surface area contributed by atoms with Crippen LogP contribution in [0.3, 0.4) is 0 Å². The molecule has 2 aromatic rings. The van der Waals surface area contributed by atoms with Crippen LogP contribution >= 0.6 is 11.3 Å². The summed E-state index contributed by atoms with van der Waals surface area (Å²) in [7, 11) is 1.99. The first-order valence-corrected chi connectivity index (χ1v) is 7.80. The van der Waals surface area contributed by atoms with Gasteiger partial charge in [0.15, 0.2) is 0 Å². The lowest BCUT2D eigenvalue weighted by molar-refractivity contribution is 0.452. The maximum absolute atomic E-state index is 4.52. The Labute approximate surface area is 124 Å². The number of likely N-dealkylation sites (N-methyl/N-ethyl adjacent to an activating group) is 1. The van der Waals surface area contributed by atoms with Gasteiger partial charge in [0, 0.05) is 17.8 Å². The average molecular weight is 293 g/mol. The summed E-state index contributed by atoms with van der Waals surface area (Å²) >= 11 is 1.76. The number of hydrogen-bond acceptors (Lipinski definition) is 5. The smallest absolute Gasteiger partial charge is 0.138 e. The van der Waals surface area contributed by atoms with Gasteiger partial charge in [0.1, 0.15) is 12.2 Å². The molecule has 20 heavy (non-hydrogen) atoms. The van der Waals surface area contributed by atoms with Gasteiger partial charge in [0.2, 0.25) is 0 Å². The second-order valence-electron chi connectivity index (χ2n) is 5.48. The van der Waals surface area contributed by atoms with E-state index in [1.807, 2.05) is 11.7 Å². The highest BCUT2D eigenvalue weighted by Crippen LogP contribution is 2.26. The minimum Gasteiger partial charge on any atom is -0.312 e. The normalized spacial score (nSPS) is 13.1. The third kappa shape index (κ3) is 3.43. The van der Waals surface area contributed by atoms with Gasteiger partial charge in [-0.15, -0.1) is 11.3 Å². The Morgan fingerprint density at radius 2 is 2.10 bits per heavy atom. The van der Waals surface area contributed by atoms with Crippen LogP contribution in [0.2, 0.25) is 0 Å². The van der Waals surface area contributed by atoms with Crippen molar-refractivity contribution in [2.75, 3.05) is 7.05 Å². The van der Waals surface area contributed by atoms with E-state index in [0.29, 0.717) is 5.92 Å². The molecule has 1 N–H and O–H groups in total. The van der Waals surface area contributed by atoms with E-state index >= 15 is 0 Å². The first-order chi connectivity index (χ1) is 9.51. The van der Waals surface area contributed by atoms with Gasteiger partial charge in [-0.1, -0.05) is 13.8 Å². The van der Waals surface area contributed by atoms with Crippen molar-refractivity contribution in [3.8, 4) is 0 Å². The number of aromatic nitrogens is 4. The largest absolute Gasteiger partial charge is 0.312 e. The summed E-state index contributed by atoms with van der Waals surface area (Å²) in [5, 5.41) is 8.82. The molecule has 0 aliphatic rings. The monoisotopic (exact) mass is 293 g/mol. The molecule has 2 aromatic heterocycles. The van der Waals surface area contributed by atoms with Crippen molar-refractivity contribution in [1.82, 2.24) is 25.1 Å². The van der Waals surface area contributed by atoms with Crippen molar-refractivity contribution >= 4 is 11.3 Å². The second-order valence-corrected chi connectivity index (χ2v) is 6.71. The molecule has 0 saturated carbocycles. The van der Waals surface area contributed by atoms with E-state index in [1.165, 1.54) is 4.88 Å². The highest BCUT2D eigenvalue weighted by Gasteiger charge is 2.19. The summed E-state index contributed by atoms with van der Waals surface area (Å²) in [4.78, 5) is 10.2. The van der Waals surface area contributed by atoms with Crippen LogP contribution < -0.4 is 5.32 Å². The standard InChI is InChI=1S/C14H23N5S/c1-9(2)7-19-13(16-8-17-19)6-12(15-5)14-10(3)18-11(4)20-14/h8-9,12,15H,6-7H2,1-5H3. The van der Waals surface area contributed by atoms with Gasteiger partial charge in [-0.2, -0.15) is 5.10 Å². The minimum absolute atomic E-state index is 0.247. The molecular formula is C14H23N5S. The summed E-state index contributed by atoms with van der Waals surface area (Å²) in [6, 6.07) is 0.247. The fourth-order valence-corrected chi connectivity index (χ4v) is 3.36. The fraction of sp³-hybridized carbons (Fsp3) is 0.643. The second kappa shape index (κ2) is 6.45. The van der Waals surface area contributed by atoms with E-state index in [-0.39, 0.29) is 6.04 Å². The molecular weight excluding hydrogens is 270 g/mol. The summed E-state index contributed by atoms with van der Waals surface area (Å²) in [5.74, 6) is 1.60.